The predicted molar refractivity (Wildman–Crippen MR) is 135 cm³/mol. The Kier molecular flexibility index (Phi) is 4.68. The second kappa shape index (κ2) is 7.85. The molecule has 4 aromatic rings. The molecule has 0 atom stereocenters. The molecule has 1 aromatic heterocycles. The Morgan fingerprint density at radius 1 is 0.758 bits per heavy atom. The summed E-state index contributed by atoms with van der Waals surface area (Å²) >= 11 is 0. The minimum Gasteiger partial charge on any atom is -0.361 e. The number of aryl methyl sites for hydroxylation is 3. The lowest BCUT2D eigenvalue weighted by Gasteiger charge is -2.29. The number of aromatic nitrogens is 2. The second-order valence-corrected chi connectivity index (χ2v) is 8.86. The van der Waals surface area contributed by atoms with Crippen LogP contribution in [-0.2, 0) is 19.9 Å². The SMILES string of the molecule is CN1C=CN(c2cccc(N3c4ccccc4CCc4ccc(-c5nccn5C)cc43)c2)C1. The molecule has 0 saturated heterocycles. The van der Waals surface area contributed by atoms with Gasteiger partial charge in [-0.05, 0) is 54.3 Å². The van der Waals surface area contributed by atoms with Crippen molar-refractivity contribution in [1.29, 1.82) is 0 Å². The van der Waals surface area contributed by atoms with Crippen molar-refractivity contribution in [2.75, 3.05) is 23.5 Å². The number of hydrogen-bond donors (Lipinski definition) is 0. The van der Waals surface area contributed by atoms with Gasteiger partial charge in [0.25, 0.3) is 0 Å². The van der Waals surface area contributed by atoms with E-state index >= 15 is 0 Å². The first kappa shape index (κ1) is 19.7. The molecule has 3 heterocycles. The third kappa shape index (κ3) is 3.46. The Hall–Kier alpha value is -3.99. The fraction of sp³-hybridized carbons (Fsp3) is 0.179. The Balaban J connectivity index is 1.53. The topological polar surface area (TPSA) is 27.5 Å². The summed E-state index contributed by atoms with van der Waals surface area (Å²) in [7, 11) is 4.14. The highest BCUT2D eigenvalue weighted by molar-refractivity contribution is 5.84. The molecule has 0 amide bonds. The molecule has 5 nitrogen and oxygen atoms in total. The third-order valence-corrected chi connectivity index (χ3v) is 6.60. The van der Waals surface area contributed by atoms with Gasteiger partial charge in [0, 0.05) is 61.5 Å². The number of rotatable bonds is 3. The number of anilines is 4. The molecule has 0 unspecified atom stereocenters. The first-order valence-corrected chi connectivity index (χ1v) is 11.4. The molecule has 0 aliphatic carbocycles. The van der Waals surface area contributed by atoms with Crippen LogP contribution in [0.5, 0.6) is 0 Å². The van der Waals surface area contributed by atoms with Gasteiger partial charge in [-0.25, -0.2) is 4.98 Å². The monoisotopic (exact) mass is 433 g/mol. The average molecular weight is 434 g/mol. The quantitative estimate of drug-likeness (QED) is 0.406. The summed E-state index contributed by atoms with van der Waals surface area (Å²) in [6, 6.07) is 24.4. The molecule has 3 aromatic carbocycles. The summed E-state index contributed by atoms with van der Waals surface area (Å²) in [5.41, 5.74) is 8.70. The fourth-order valence-corrected chi connectivity index (χ4v) is 4.89. The first-order valence-electron chi connectivity index (χ1n) is 11.4. The maximum Gasteiger partial charge on any atom is 0.139 e. The third-order valence-electron chi connectivity index (χ3n) is 6.60. The molecule has 5 heteroatoms. The number of hydrogen-bond acceptors (Lipinski definition) is 4. The summed E-state index contributed by atoms with van der Waals surface area (Å²) in [6.07, 6.45) is 10.2. The van der Waals surface area contributed by atoms with Gasteiger partial charge in [0.2, 0.25) is 0 Å². The molecule has 6 rings (SSSR count). The van der Waals surface area contributed by atoms with E-state index in [2.05, 4.69) is 110 Å². The van der Waals surface area contributed by atoms with E-state index < -0.39 is 0 Å². The first-order chi connectivity index (χ1) is 16.2. The van der Waals surface area contributed by atoms with Crippen LogP contribution in [-0.4, -0.2) is 28.2 Å². The van der Waals surface area contributed by atoms with Crippen molar-refractivity contribution in [3.63, 3.8) is 0 Å². The minimum atomic E-state index is 0.861. The molecular weight excluding hydrogens is 406 g/mol. The van der Waals surface area contributed by atoms with Crippen LogP contribution in [0.4, 0.5) is 22.7 Å². The number of para-hydroxylation sites is 1. The number of fused-ring (bicyclic) bond motifs is 2. The number of nitrogens with zero attached hydrogens (tertiary/aromatic N) is 5. The van der Waals surface area contributed by atoms with Crippen molar-refractivity contribution in [2.24, 2.45) is 7.05 Å². The minimum absolute atomic E-state index is 0.861. The molecular formula is C28H27N5. The molecule has 0 radical (unpaired) electrons. The van der Waals surface area contributed by atoms with Crippen molar-refractivity contribution >= 4 is 22.7 Å². The van der Waals surface area contributed by atoms with Crippen LogP contribution in [0.15, 0.2) is 91.5 Å². The van der Waals surface area contributed by atoms with Crippen molar-refractivity contribution in [3.8, 4) is 11.4 Å². The van der Waals surface area contributed by atoms with E-state index in [1.54, 1.807) is 0 Å². The average Bonchev–Trinajstić information content (AvgIpc) is 3.43. The summed E-state index contributed by atoms with van der Waals surface area (Å²) < 4.78 is 2.08. The highest BCUT2D eigenvalue weighted by Gasteiger charge is 2.24. The van der Waals surface area contributed by atoms with Gasteiger partial charge in [-0.3, -0.25) is 0 Å². The van der Waals surface area contributed by atoms with E-state index in [0.717, 1.165) is 30.9 Å². The second-order valence-electron chi connectivity index (χ2n) is 8.86. The Morgan fingerprint density at radius 3 is 2.36 bits per heavy atom. The zero-order valence-corrected chi connectivity index (χ0v) is 19.0. The van der Waals surface area contributed by atoms with Crippen molar-refractivity contribution in [3.05, 3.63) is 103 Å². The van der Waals surface area contributed by atoms with Gasteiger partial charge in [-0.1, -0.05) is 36.4 Å². The van der Waals surface area contributed by atoms with Gasteiger partial charge in [-0.2, -0.15) is 0 Å². The van der Waals surface area contributed by atoms with Crippen LogP contribution in [0.3, 0.4) is 0 Å². The van der Waals surface area contributed by atoms with Gasteiger partial charge < -0.3 is 19.3 Å². The molecule has 164 valence electrons. The molecule has 0 N–H and O–H groups in total. The van der Waals surface area contributed by atoms with E-state index in [1.165, 1.54) is 33.9 Å². The molecule has 2 aliphatic heterocycles. The van der Waals surface area contributed by atoms with Crippen LogP contribution in [0, 0.1) is 0 Å². The Bertz CT molecular complexity index is 1350. The van der Waals surface area contributed by atoms with E-state index in [4.69, 9.17) is 0 Å². The summed E-state index contributed by atoms with van der Waals surface area (Å²) in [5, 5.41) is 0. The fourth-order valence-electron chi connectivity index (χ4n) is 4.89. The van der Waals surface area contributed by atoms with Crippen molar-refractivity contribution < 1.29 is 0 Å². The highest BCUT2D eigenvalue weighted by atomic mass is 15.3. The van der Waals surface area contributed by atoms with E-state index in [-0.39, 0.29) is 0 Å². The normalized spacial score (nSPS) is 14.9. The predicted octanol–water partition coefficient (Wildman–Crippen LogP) is 5.84. The maximum absolute atomic E-state index is 4.60. The Morgan fingerprint density at radius 2 is 1.58 bits per heavy atom. The number of imidazole rings is 1. The Labute approximate surface area is 194 Å². The standard InChI is InChI=1S/C28H27N5/c1-30-16-17-32(20-30)24-7-5-8-25(19-24)33-26-9-4-3-6-21(26)10-11-22-12-13-23(18-27(22)33)28-29-14-15-31(28)2/h3-9,12-19H,10-11,20H2,1-2H3. The van der Waals surface area contributed by atoms with Crippen LogP contribution in [0.2, 0.25) is 0 Å². The highest BCUT2D eigenvalue weighted by Crippen LogP contribution is 2.43. The van der Waals surface area contributed by atoms with Gasteiger partial charge in [0.1, 0.15) is 5.82 Å². The van der Waals surface area contributed by atoms with Gasteiger partial charge in [0.15, 0.2) is 0 Å². The van der Waals surface area contributed by atoms with Crippen molar-refractivity contribution in [1.82, 2.24) is 14.5 Å². The molecule has 0 spiro atoms. The zero-order valence-electron chi connectivity index (χ0n) is 19.0. The maximum atomic E-state index is 4.60. The lowest BCUT2D eigenvalue weighted by molar-refractivity contribution is 0.496. The van der Waals surface area contributed by atoms with Gasteiger partial charge in [0.05, 0.1) is 12.4 Å². The molecule has 0 fully saturated rings. The van der Waals surface area contributed by atoms with Crippen LogP contribution in [0.25, 0.3) is 11.4 Å². The van der Waals surface area contributed by atoms with E-state index in [0.29, 0.717) is 0 Å². The van der Waals surface area contributed by atoms with Crippen LogP contribution >= 0.6 is 0 Å². The van der Waals surface area contributed by atoms with Crippen molar-refractivity contribution in [2.45, 2.75) is 12.8 Å². The van der Waals surface area contributed by atoms with Gasteiger partial charge in [-0.15, -0.1) is 0 Å². The smallest absolute Gasteiger partial charge is 0.139 e. The lowest BCUT2D eigenvalue weighted by Crippen LogP contribution is -2.22. The molecule has 2 aliphatic rings. The largest absolute Gasteiger partial charge is 0.361 e. The molecule has 0 saturated carbocycles. The molecule has 0 bridgehead atoms. The lowest BCUT2D eigenvalue weighted by atomic mass is 10.0. The van der Waals surface area contributed by atoms with Crippen LogP contribution in [0.1, 0.15) is 11.1 Å². The summed E-state index contributed by atoms with van der Waals surface area (Å²) in [5.74, 6) is 0.981. The number of benzene rings is 3. The van der Waals surface area contributed by atoms with Crippen LogP contribution < -0.4 is 9.80 Å². The summed E-state index contributed by atoms with van der Waals surface area (Å²) in [4.78, 5) is 11.5. The molecule has 33 heavy (non-hydrogen) atoms. The zero-order chi connectivity index (χ0) is 22.4. The summed E-state index contributed by atoms with van der Waals surface area (Å²) in [6.45, 7) is 0.861. The van der Waals surface area contributed by atoms with Gasteiger partial charge >= 0.3 is 0 Å². The van der Waals surface area contributed by atoms with E-state index in [1.807, 2.05) is 19.4 Å². The van der Waals surface area contributed by atoms with E-state index in [9.17, 15) is 0 Å².